The van der Waals surface area contributed by atoms with Crippen molar-refractivity contribution in [3.8, 4) is 5.75 Å². The Morgan fingerprint density at radius 1 is 1.40 bits per heavy atom. The number of benzene rings is 1. The molecule has 0 saturated heterocycles. The van der Waals surface area contributed by atoms with Crippen LogP contribution < -0.4 is 4.74 Å². The minimum Gasteiger partial charge on any atom is -0.480 e. The normalized spacial score (nSPS) is 11.1. The Hall–Kier alpha value is -1.77. The standard InChI is InChI=1S/C11H9BrF3NO4/c1-16(5-9(17)18)10(19)6-2-3-7(12)8(4-6)20-11(13,14)15/h2-4H,5H2,1H3,(H,17,18). The van der Waals surface area contributed by atoms with Crippen molar-refractivity contribution < 1.29 is 32.6 Å². The van der Waals surface area contributed by atoms with Crippen LogP contribution in [0.5, 0.6) is 5.75 Å². The molecule has 0 fully saturated rings. The highest BCUT2D eigenvalue weighted by molar-refractivity contribution is 9.10. The fourth-order valence-corrected chi connectivity index (χ4v) is 1.66. The van der Waals surface area contributed by atoms with Crippen LogP contribution in [0.1, 0.15) is 10.4 Å². The van der Waals surface area contributed by atoms with E-state index in [0.717, 1.165) is 11.0 Å². The van der Waals surface area contributed by atoms with Crippen LogP contribution in [0.3, 0.4) is 0 Å². The molecule has 0 radical (unpaired) electrons. The highest BCUT2D eigenvalue weighted by atomic mass is 79.9. The Labute approximate surface area is 120 Å². The van der Waals surface area contributed by atoms with Gasteiger partial charge < -0.3 is 14.7 Å². The molecular weight excluding hydrogens is 347 g/mol. The molecule has 5 nitrogen and oxygen atoms in total. The molecule has 0 aromatic heterocycles. The zero-order valence-electron chi connectivity index (χ0n) is 10.1. The topological polar surface area (TPSA) is 66.8 Å². The number of carboxylic acid groups (broad SMARTS) is 1. The van der Waals surface area contributed by atoms with Crippen LogP contribution in [0.4, 0.5) is 13.2 Å². The number of ether oxygens (including phenoxy) is 1. The van der Waals surface area contributed by atoms with E-state index in [-0.39, 0.29) is 10.0 Å². The van der Waals surface area contributed by atoms with E-state index in [1.165, 1.54) is 19.2 Å². The number of likely N-dealkylation sites (N-methyl/N-ethyl adjacent to an activating group) is 1. The second-order valence-electron chi connectivity index (χ2n) is 3.75. The van der Waals surface area contributed by atoms with Gasteiger partial charge >= 0.3 is 12.3 Å². The number of carbonyl (C=O) groups excluding carboxylic acids is 1. The molecule has 1 N–H and O–H groups in total. The molecule has 0 aliphatic heterocycles. The molecule has 1 amide bonds. The van der Waals surface area contributed by atoms with Crippen molar-refractivity contribution in [3.63, 3.8) is 0 Å². The lowest BCUT2D eigenvalue weighted by Gasteiger charge is -2.16. The maximum Gasteiger partial charge on any atom is 0.573 e. The molecule has 1 aromatic carbocycles. The van der Waals surface area contributed by atoms with E-state index in [2.05, 4.69) is 20.7 Å². The fourth-order valence-electron chi connectivity index (χ4n) is 1.33. The van der Waals surface area contributed by atoms with Gasteiger partial charge in [0, 0.05) is 12.6 Å². The van der Waals surface area contributed by atoms with Crippen LogP contribution in [0.25, 0.3) is 0 Å². The quantitative estimate of drug-likeness (QED) is 0.900. The van der Waals surface area contributed by atoms with Crippen LogP contribution >= 0.6 is 15.9 Å². The number of amides is 1. The lowest BCUT2D eigenvalue weighted by atomic mass is 10.2. The van der Waals surface area contributed by atoms with Crippen molar-refractivity contribution >= 4 is 27.8 Å². The molecule has 20 heavy (non-hydrogen) atoms. The first-order chi connectivity index (χ1) is 9.10. The minimum absolute atomic E-state index is 0.0206. The summed E-state index contributed by atoms with van der Waals surface area (Å²) in [5.41, 5.74) is -0.115. The summed E-state index contributed by atoms with van der Waals surface area (Å²) in [4.78, 5) is 23.2. The molecule has 0 spiro atoms. The summed E-state index contributed by atoms with van der Waals surface area (Å²) < 4.78 is 40.3. The van der Waals surface area contributed by atoms with Crippen molar-refractivity contribution in [3.05, 3.63) is 28.2 Å². The molecular formula is C11H9BrF3NO4. The summed E-state index contributed by atoms with van der Waals surface area (Å²) in [5.74, 6) is -2.54. The van der Waals surface area contributed by atoms with E-state index < -0.39 is 30.5 Å². The third-order valence-electron chi connectivity index (χ3n) is 2.12. The van der Waals surface area contributed by atoms with Crippen LogP contribution in [-0.2, 0) is 4.79 Å². The Morgan fingerprint density at radius 3 is 2.50 bits per heavy atom. The fraction of sp³-hybridized carbons (Fsp3) is 0.273. The first kappa shape index (κ1) is 16.3. The van der Waals surface area contributed by atoms with E-state index in [1.807, 2.05) is 0 Å². The average Bonchev–Trinajstić information content (AvgIpc) is 2.28. The molecule has 0 heterocycles. The van der Waals surface area contributed by atoms with Crippen LogP contribution in [0.15, 0.2) is 22.7 Å². The molecule has 0 aliphatic carbocycles. The van der Waals surface area contributed by atoms with Gasteiger partial charge in [-0.1, -0.05) is 0 Å². The first-order valence-corrected chi connectivity index (χ1v) is 5.92. The van der Waals surface area contributed by atoms with Gasteiger partial charge in [0.1, 0.15) is 12.3 Å². The summed E-state index contributed by atoms with van der Waals surface area (Å²) in [5, 5.41) is 8.56. The first-order valence-electron chi connectivity index (χ1n) is 5.12. The summed E-state index contributed by atoms with van der Waals surface area (Å²) in [7, 11) is 1.22. The zero-order chi connectivity index (χ0) is 15.5. The zero-order valence-corrected chi connectivity index (χ0v) is 11.7. The summed E-state index contributed by atoms with van der Waals surface area (Å²) in [6, 6.07) is 3.36. The van der Waals surface area contributed by atoms with Crippen molar-refractivity contribution in [1.29, 1.82) is 0 Å². The molecule has 0 aliphatic rings. The molecule has 0 unspecified atom stereocenters. The molecule has 0 atom stereocenters. The molecule has 0 saturated carbocycles. The van der Waals surface area contributed by atoms with Gasteiger partial charge in [-0.3, -0.25) is 9.59 Å². The van der Waals surface area contributed by atoms with E-state index in [9.17, 15) is 22.8 Å². The van der Waals surface area contributed by atoms with Gasteiger partial charge in [-0.15, -0.1) is 13.2 Å². The maximum absolute atomic E-state index is 12.2. The summed E-state index contributed by atoms with van der Waals surface area (Å²) in [6.45, 7) is -0.565. The van der Waals surface area contributed by atoms with Crippen LogP contribution in [-0.4, -0.2) is 41.8 Å². The lowest BCUT2D eigenvalue weighted by Crippen LogP contribution is -2.32. The van der Waals surface area contributed by atoms with E-state index in [4.69, 9.17) is 5.11 Å². The predicted octanol–water partition coefficient (Wildman–Crippen LogP) is 2.50. The Morgan fingerprint density at radius 2 is 2.00 bits per heavy atom. The molecule has 0 bridgehead atoms. The third-order valence-corrected chi connectivity index (χ3v) is 2.78. The smallest absolute Gasteiger partial charge is 0.480 e. The lowest BCUT2D eigenvalue weighted by molar-refractivity contribution is -0.274. The third kappa shape index (κ3) is 4.72. The van der Waals surface area contributed by atoms with Crippen molar-refractivity contribution in [1.82, 2.24) is 4.90 Å². The van der Waals surface area contributed by atoms with E-state index in [0.29, 0.717) is 0 Å². The SMILES string of the molecule is CN(CC(=O)O)C(=O)c1ccc(Br)c(OC(F)(F)F)c1. The van der Waals surface area contributed by atoms with E-state index >= 15 is 0 Å². The second kappa shape index (κ2) is 6.12. The number of rotatable bonds is 4. The number of aliphatic carboxylic acids is 1. The molecule has 1 aromatic rings. The molecule has 1 rings (SSSR count). The largest absolute Gasteiger partial charge is 0.573 e. The van der Waals surface area contributed by atoms with E-state index in [1.54, 1.807) is 0 Å². The monoisotopic (exact) mass is 355 g/mol. The van der Waals surface area contributed by atoms with Gasteiger partial charge in [0.25, 0.3) is 5.91 Å². The van der Waals surface area contributed by atoms with Gasteiger partial charge in [0.2, 0.25) is 0 Å². The highest BCUT2D eigenvalue weighted by Crippen LogP contribution is 2.31. The minimum atomic E-state index is -4.89. The predicted molar refractivity (Wildman–Crippen MR) is 65.4 cm³/mol. The van der Waals surface area contributed by atoms with Gasteiger partial charge in [-0.2, -0.15) is 0 Å². The van der Waals surface area contributed by atoms with Crippen molar-refractivity contribution in [2.45, 2.75) is 6.36 Å². The number of halogens is 4. The number of carbonyl (C=O) groups is 2. The number of hydrogen-bond donors (Lipinski definition) is 1. The number of nitrogens with zero attached hydrogens (tertiary/aromatic N) is 1. The Kier molecular flexibility index (Phi) is 4.98. The second-order valence-corrected chi connectivity index (χ2v) is 4.60. The highest BCUT2D eigenvalue weighted by Gasteiger charge is 2.32. The Bertz CT molecular complexity index is 533. The number of carboxylic acids is 1. The molecule has 110 valence electrons. The molecule has 9 heteroatoms. The average molecular weight is 356 g/mol. The number of hydrogen-bond acceptors (Lipinski definition) is 3. The van der Waals surface area contributed by atoms with Gasteiger partial charge in [0.15, 0.2) is 0 Å². The van der Waals surface area contributed by atoms with Crippen LogP contribution in [0, 0.1) is 0 Å². The van der Waals surface area contributed by atoms with Crippen LogP contribution in [0.2, 0.25) is 0 Å². The Balaban J connectivity index is 3.00. The van der Waals surface area contributed by atoms with Gasteiger partial charge in [0.05, 0.1) is 4.47 Å². The number of alkyl halides is 3. The van der Waals surface area contributed by atoms with Crippen molar-refractivity contribution in [2.24, 2.45) is 0 Å². The van der Waals surface area contributed by atoms with Gasteiger partial charge in [-0.05, 0) is 34.1 Å². The van der Waals surface area contributed by atoms with Crippen molar-refractivity contribution in [2.75, 3.05) is 13.6 Å². The summed E-state index contributed by atoms with van der Waals surface area (Å²) >= 11 is 2.87. The summed E-state index contributed by atoms with van der Waals surface area (Å²) in [6.07, 6.45) is -4.89. The van der Waals surface area contributed by atoms with Gasteiger partial charge in [-0.25, -0.2) is 0 Å². The maximum atomic E-state index is 12.2.